The minimum Gasteiger partial charge on any atom is -0.453 e. The molecule has 6 heteroatoms. The van der Waals surface area contributed by atoms with Gasteiger partial charge in [0.05, 0.1) is 24.5 Å². The van der Waals surface area contributed by atoms with Gasteiger partial charge in [-0.3, -0.25) is 0 Å². The molecule has 32 heavy (non-hydrogen) atoms. The average molecular weight is 469 g/mol. The number of hydrogen-bond donors (Lipinski definition) is 1. The molecule has 0 aliphatic carbocycles. The number of benzene rings is 1. The molecule has 0 unspecified atom stereocenters. The Morgan fingerprint density at radius 3 is 2.47 bits per heavy atom. The number of esters is 1. The fourth-order valence-electron chi connectivity index (χ4n) is 5.46. The van der Waals surface area contributed by atoms with Crippen molar-refractivity contribution in [2.24, 2.45) is 5.92 Å². The molecule has 5 heterocycles. The lowest BCUT2D eigenvalue weighted by molar-refractivity contribution is -0.946. The molecular weight excluding hydrogens is 438 g/mol. The van der Waals surface area contributed by atoms with Crippen LogP contribution in [0.5, 0.6) is 0 Å². The maximum Gasteiger partial charge on any atom is 0.349 e. The second-order valence-corrected chi connectivity index (χ2v) is 11.2. The molecule has 0 spiro atoms. The SMILES string of the molecule is O=C(O[C@H]1C[N+]2(CCCc3cccs3)CCC1CC2)[C@@](O)(c1ccccc1)c1cccs1. The maximum atomic E-state index is 13.5. The van der Waals surface area contributed by atoms with Gasteiger partial charge in [-0.05, 0) is 29.3 Å². The number of nitrogens with zero attached hydrogens (tertiary/aromatic N) is 1. The molecular formula is C26H30NO3S2+. The lowest BCUT2D eigenvalue weighted by atomic mass is 9.82. The van der Waals surface area contributed by atoms with E-state index in [1.165, 1.54) is 29.3 Å². The summed E-state index contributed by atoms with van der Waals surface area (Å²) < 4.78 is 7.19. The molecule has 3 saturated heterocycles. The van der Waals surface area contributed by atoms with Gasteiger partial charge < -0.3 is 14.3 Å². The van der Waals surface area contributed by atoms with Crippen molar-refractivity contribution < 1.29 is 19.1 Å². The Kier molecular flexibility index (Phi) is 6.21. The predicted octanol–water partition coefficient (Wildman–Crippen LogP) is 4.83. The molecule has 4 nitrogen and oxygen atoms in total. The number of carbonyl (C=O) groups excluding carboxylic acids is 1. The van der Waals surface area contributed by atoms with Crippen molar-refractivity contribution in [1.82, 2.24) is 0 Å². The van der Waals surface area contributed by atoms with Crippen LogP contribution in [-0.4, -0.2) is 47.8 Å². The van der Waals surface area contributed by atoms with Gasteiger partial charge in [0.2, 0.25) is 5.60 Å². The van der Waals surface area contributed by atoms with Gasteiger partial charge in [-0.2, -0.15) is 0 Å². The van der Waals surface area contributed by atoms with E-state index in [2.05, 4.69) is 17.5 Å². The number of aliphatic hydroxyl groups is 1. The van der Waals surface area contributed by atoms with E-state index in [-0.39, 0.29) is 6.10 Å². The largest absolute Gasteiger partial charge is 0.453 e. The third-order valence-electron chi connectivity index (χ3n) is 7.30. The number of thiophene rings is 2. The first-order chi connectivity index (χ1) is 15.6. The van der Waals surface area contributed by atoms with Gasteiger partial charge in [0.1, 0.15) is 6.54 Å². The molecule has 3 aliphatic heterocycles. The molecule has 6 rings (SSSR count). The molecule has 2 bridgehead atoms. The quantitative estimate of drug-likeness (QED) is 0.380. The minimum absolute atomic E-state index is 0.123. The number of fused-ring (bicyclic) bond motifs is 3. The van der Waals surface area contributed by atoms with Crippen molar-refractivity contribution in [2.75, 3.05) is 26.2 Å². The zero-order valence-electron chi connectivity index (χ0n) is 18.2. The lowest BCUT2D eigenvalue weighted by Gasteiger charge is -2.52. The van der Waals surface area contributed by atoms with Crippen LogP contribution in [0, 0.1) is 5.92 Å². The highest BCUT2D eigenvalue weighted by molar-refractivity contribution is 7.10. The molecule has 2 aromatic heterocycles. The summed E-state index contributed by atoms with van der Waals surface area (Å²) in [5.41, 5.74) is -1.19. The van der Waals surface area contributed by atoms with Crippen LogP contribution in [0.2, 0.25) is 0 Å². The molecule has 3 aromatic rings. The molecule has 0 saturated carbocycles. The maximum absolute atomic E-state index is 13.5. The normalized spacial score (nSPS) is 26.5. The third-order valence-corrected chi connectivity index (χ3v) is 9.22. The first kappa shape index (κ1) is 21.8. The summed E-state index contributed by atoms with van der Waals surface area (Å²) in [5.74, 6) is -0.138. The average Bonchev–Trinajstić information content (AvgIpc) is 3.55. The van der Waals surface area contributed by atoms with E-state index in [1.807, 2.05) is 47.0 Å². The first-order valence-electron chi connectivity index (χ1n) is 11.5. The number of quaternary nitrogens is 1. The van der Waals surface area contributed by atoms with Crippen molar-refractivity contribution in [1.29, 1.82) is 0 Å². The highest BCUT2D eigenvalue weighted by atomic mass is 32.1. The molecule has 1 aromatic carbocycles. The van der Waals surface area contributed by atoms with Gasteiger partial charge in [-0.15, -0.1) is 22.7 Å². The Morgan fingerprint density at radius 2 is 1.78 bits per heavy atom. The Morgan fingerprint density at radius 1 is 1.03 bits per heavy atom. The van der Waals surface area contributed by atoms with Gasteiger partial charge in [0, 0.05) is 35.6 Å². The second kappa shape index (κ2) is 9.10. The monoisotopic (exact) mass is 468 g/mol. The van der Waals surface area contributed by atoms with Crippen molar-refractivity contribution >= 4 is 28.6 Å². The molecule has 1 N–H and O–H groups in total. The topological polar surface area (TPSA) is 46.5 Å². The first-order valence-corrected chi connectivity index (χ1v) is 13.3. The molecule has 0 radical (unpaired) electrons. The van der Waals surface area contributed by atoms with Crippen LogP contribution in [0.3, 0.4) is 0 Å². The number of carbonyl (C=O) groups is 1. The van der Waals surface area contributed by atoms with Gasteiger partial charge in [0.25, 0.3) is 0 Å². The molecule has 2 atom stereocenters. The summed E-state index contributed by atoms with van der Waals surface area (Å²) in [6, 6.07) is 17.2. The van der Waals surface area contributed by atoms with Crippen LogP contribution >= 0.6 is 22.7 Å². The molecule has 3 fully saturated rings. The van der Waals surface area contributed by atoms with Crippen LogP contribution in [0.4, 0.5) is 0 Å². The summed E-state index contributed by atoms with van der Waals surface area (Å²) in [4.78, 5) is 15.6. The van der Waals surface area contributed by atoms with E-state index < -0.39 is 11.6 Å². The zero-order valence-corrected chi connectivity index (χ0v) is 19.8. The number of aryl methyl sites for hydroxylation is 1. The fourth-order valence-corrected chi connectivity index (χ4v) is 7.04. The van der Waals surface area contributed by atoms with Crippen molar-refractivity contribution in [3.05, 3.63) is 80.7 Å². The summed E-state index contributed by atoms with van der Waals surface area (Å²) in [5, 5.41) is 15.7. The van der Waals surface area contributed by atoms with E-state index in [9.17, 15) is 9.90 Å². The van der Waals surface area contributed by atoms with Crippen LogP contribution in [0.15, 0.2) is 65.4 Å². The molecule has 3 aliphatic rings. The van der Waals surface area contributed by atoms with E-state index in [4.69, 9.17) is 4.74 Å². The van der Waals surface area contributed by atoms with Gasteiger partial charge in [0.15, 0.2) is 6.10 Å². The van der Waals surface area contributed by atoms with Crippen LogP contribution in [0.25, 0.3) is 0 Å². The highest BCUT2D eigenvalue weighted by Crippen LogP contribution is 2.39. The smallest absolute Gasteiger partial charge is 0.349 e. The van der Waals surface area contributed by atoms with Crippen LogP contribution in [0.1, 0.15) is 34.6 Å². The Hall–Kier alpha value is -1.99. The van der Waals surface area contributed by atoms with E-state index in [0.29, 0.717) is 16.4 Å². The number of hydrogen-bond acceptors (Lipinski definition) is 5. The van der Waals surface area contributed by atoms with Gasteiger partial charge in [-0.25, -0.2) is 4.79 Å². The Labute approximate surface area is 197 Å². The van der Waals surface area contributed by atoms with Gasteiger partial charge >= 0.3 is 5.97 Å². The zero-order chi connectivity index (χ0) is 22.0. The third kappa shape index (κ3) is 4.17. The fraction of sp³-hybridized carbons (Fsp3) is 0.423. The summed E-state index contributed by atoms with van der Waals surface area (Å²) in [6.07, 6.45) is 4.36. The van der Waals surface area contributed by atoms with Crippen molar-refractivity contribution in [3.63, 3.8) is 0 Å². The highest BCUT2D eigenvalue weighted by Gasteiger charge is 2.50. The van der Waals surface area contributed by atoms with E-state index >= 15 is 0 Å². The number of rotatable bonds is 8. The van der Waals surface area contributed by atoms with E-state index in [0.717, 1.165) is 43.3 Å². The predicted molar refractivity (Wildman–Crippen MR) is 129 cm³/mol. The summed E-state index contributed by atoms with van der Waals surface area (Å²) in [7, 11) is 0. The lowest BCUT2D eigenvalue weighted by Crippen LogP contribution is -2.65. The Balaban J connectivity index is 1.31. The van der Waals surface area contributed by atoms with Crippen LogP contribution < -0.4 is 0 Å². The minimum atomic E-state index is -1.76. The van der Waals surface area contributed by atoms with Gasteiger partial charge in [-0.1, -0.05) is 42.5 Å². The standard InChI is InChI=1S/C26H30NO3S2/c28-25(26(29,24-11-6-18-32-24)21-7-2-1-3-8-21)30-23-19-27(15-12-20(23)13-16-27)14-4-9-22-10-5-17-31-22/h1-3,5-8,10-11,17-18,20,23,29H,4,9,12-16,19H2/q+1/t20?,23-,26+,27?/m0/s1. The van der Waals surface area contributed by atoms with Crippen molar-refractivity contribution in [3.8, 4) is 0 Å². The van der Waals surface area contributed by atoms with Crippen LogP contribution in [-0.2, 0) is 21.6 Å². The summed E-state index contributed by atoms with van der Waals surface area (Å²) in [6.45, 7) is 4.36. The van der Waals surface area contributed by atoms with Crippen molar-refractivity contribution in [2.45, 2.75) is 37.4 Å². The summed E-state index contributed by atoms with van der Waals surface area (Å²) >= 11 is 3.22. The number of ether oxygens (including phenoxy) is 1. The molecule has 168 valence electrons. The number of piperidine rings is 3. The van der Waals surface area contributed by atoms with E-state index in [1.54, 1.807) is 12.1 Å². The second-order valence-electron chi connectivity index (χ2n) is 9.21. The Bertz CT molecular complexity index is 1010. The molecule has 0 amide bonds.